The maximum atomic E-state index is 2.50. The zero-order valence-corrected chi connectivity index (χ0v) is 10.4. The Morgan fingerprint density at radius 2 is 1.92 bits per heavy atom. The molecule has 13 heavy (non-hydrogen) atoms. The van der Waals surface area contributed by atoms with Gasteiger partial charge in [-0.2, -0.15) is 11.8 Å². The molecule has 0 heterocycles. The third-order valence-electron chi connectivity index (χ3n) is 4.38. The first kappa shape index (κ1) is 9.89. The van der Waals surface area contributed by atoms with Gasteiger partial charge in [0, 0.05) is 4.75 Å². The molecule has 0 bridgehead atoms. The van der Waals surface area contributed by atoms with E-state index in [0.717, 1.165) is 17.8 Å². The fourth-order valence-corrected chi connectivity index (χ4v) is 5.95. The molecular weight excluding hydrogens is 176 g/mol. The molecule has 1 heteroatoms. The molecular formula is C12H22S. The van der Waals surface area contributed by atoms with Crippen LogP contribution >= 0.6 is 11.8 Å². The van der Waals surface area contributed by atoms with Gasteiger partial charge in [-0.3, -0.25) is 0 Å². The van der Waals surface area contributed by atoms with Gasteiger partial charge in [0.2, 0.25) is 0 Å². The molecule has 0 saturated heterocycles. The quantitative estimate of drug-likeness (QED) is 0.650. The SMILES string of the molecule is CCSC1(C)C[C@@H](C)C2C1C2(C)C. The lowest BCUT2D eigenvalue weighted by atomic mass is 9.89. The highest BCUT2D eigenvalue weighted by Gasteiger charge is 2.71. The number of hydrogen-bond donors (Lipinski definition) is 0. The molecule has 4 atom stereocenters. The van der Waals surface area contributed by atoms with Gasteiger partial charge in [-0.15, -0.1) is 0 Å². The van der Waals surface area contributed by atoms with Crippen LogP contribution in [0.5, 0.6) is 0 Å². The molecule has 0 spiro atoms. The summed E-state index contributed by atoms with van der Waals surface area (Å²) in [5, 5.41) is 0. The van der Waals surface area contributed by atoms with Gasteiger partial charge in [0.25, 0.3) is 0 Å². The second-order valence-corrected chi connectivity index (χ2v) is 7.55. The Kier molecular flexibility index (Phi) is 2.04. The van der Waals surface area contributed by atoms with E-state index in [1.165, 1.54) is 12.2 Å². The van der Waals surface area contributed by atoms with Crippen LogP contribution in [0.15, 0.2) is 0 Å². The molecule has 3 unspecified atom stereocenters. The summed E-state index contributed by atoms with van der Waals surface area (Å²) < 4.78 is 0.600. The normalized spacial score (nSPS) is 51.9. The smallest absolute Gasteiger partial charge is 0.0170 e. The Morgan fingerprint density at radius 1 is 1.31 bits per heavy atom. The summed E-state index contributed by atoms with van der Waals surface area (Å²) in [5.41, 5.74) is 0.647. The van der Waals surface area contributed by atoms with Crippen molar-refractivity contribution in [2.75, 3.05) is 5.75 Å². The molecule has 0 aromatic rings. The van der Waals surface area contributed by atoms with E-state index >= 15 is 0 Å². The van der Waals surface area contributed by atoms with Crippen molar-refractivity contribution in [2.45, 2.75) is 45.8 Å². The van der Waals surface area contributed by atoms with Gasteiger partial charge in [-0.1, -0.05) is 34.6 Å². The minimum Gasteiger partial charge on any atom is -0.155 e. The van der Waals surface area contributed by atoms with Crippen molar-refractivity contribution >= 4 is 11.8 Å². The average Bonchev–Trinajstić information content (AvgIpc) is 2.42. The summed E-state index contributed by atoms with van der Waals surface area (Å²) in [6.07, 6.45) is 1.45. The maximum absolute atomic E-state index is 2.50. The molecule has 0 N–H and O–H groups in total. The van der Waals surface area contributed by atoms with Crippen LogP contribution in [0, 0.1) is 23.2 Å². The highest BCUT2D eigenvalue weighted by Crippen LogP contribution is 2.75. The molecule has 0 nitrogen and oxygen atoms in total. The third-order valence-corrected chi connectivity index (χ3v) is 5.75. The van der Waals surface area contributed by atoms with Crippen molar-refractivity contribution in [1.29, 1.82) is 0 Å². The largest absolute Gasteiger partial charge is 0.155 e. The summed E-state index contributed by atoms with van der Waals surface area (Å²) in [6.45, 7) is 12.2. The van der Waals surface area contributed by atoms with E-state index < -0.39 is 0 Å². The van der Waals surface area contributed by atoms with Crippen LogP contribution in [0.1, 0.15) is 41.0 Å². The Labute approximate surface area is 86.9 Å². The van der Waals surface area contributed by atoms with Gasteiger partial charge in [0.15, 0.2) is 0 Å². The minimum atomic E-state index is 0.600. The summed E-state index contributed by atoms with van der Waals surface area (Å²) in [5.74, 6) is 4.27. The number of thioether (sulfide) groups is 1. The summed E-state index contributed by atoms with van der Waals surface area (Å²) >= 11 is 2.20. The molecule has 0 aliphatic heterocycles. The Balaban J connectivity index is 2.17. The first-order valence-corrected chi connectivity index (χ1v) is 6.56. The fourth-order valence-electron chi connectivity index (χ4n) is 4.28. The van der Waals surface area contributed by atoms with E-state index in [-0.39, 0.29) is 0 Å². The van der Waals surface area contributed by atoms with Crippen LogP contribution in [-0.4, -0.2) is 10.5 Å². The van der Waals surface area contributed by atoms with E-state index in [2.05, 4.69) is 46.4 Å². The number of hydrogen-bond acceptors (Lipinski definition) is 1. The number of fused-ring (bicyclic) bond motifs is 1. The predicted octanol–water partition coefficient (Wildman–Crippen LogP) is 3.81. The third kappa shape index (κ3) is 1.19. The molecule has 2 rings (SSSR count). The highest BCUT2D eigenvalue weighted by molar-refractivity contribution is 8.00. The van der Waals surface area contributed by atoms with Crippen LogP contribution in [0.25, 0.3) is 0 Å². The van der Waals surface area contributed by atoms with Gasteiger partial charge in [0.1, 0.15) is 0 Å². The van der Waals surface area contributed by atoms with E-state index in [1.807, 2.05) is 0 Å². The Morgan fingerprint density at radius 3 is 2.31 bits per heavy atom. The first-order valence-electron chi connectivity index (χ1n) is 5.57. The molecule has 2 saturated carbocycles. The summed E-state index contributed by atoms with van der Waals surface area (Å²) in [4.78, 5) is 0. The number of rotatable bonds is 2. The van der Waals surface area contributed by atoms with E-state index in [4.69, 9.17) is 0 Å². The van der Waals surface area contributed by atoms with Crippen LogP contribution in [-0.2, 0) is 0 Å². The van der Waals surface area contributed by atoms with Crippen molar-refractivity contribution in [3.63, 3.8) is 0 Å². The van der Waals surface area contributed by atoms with Crippen molar-refractivity contribution in [1.82, 2.24) is 0 Å². The molecule has 0 aromatic heterocycles. The van der Waals surface area contributed by atoms with E-state index in [1.54, 1.807) is 0 Å². The summed E-state index contributed by atoms with van der Waals surface area (Å²) in [7, 11) is 0. The first-order chi connectivity index (χ1) is 5.93. The molecule has 2 aliphatic rings. The maximum Gasteiger partial charge on any atom is 0.0170 e. The molecule has 2 fully saturated rings. The molecule has 76 valence electrons. The predicted molar refractivity (Wildman–Crippen MR) is 61.1 cm³/mol. The standard InChI is InChI=1S/C12H22S/c1-6-13-12(5)7-8(2)9-10(12)11(9,3)4/h8-10H,6-7H2,1-5H3/t8-,9?,10?,12?/m1/s1. The second kappa shape index (κ2) is 2.68. The van der Waals surface area contributed by atoms with Crippen molar-refractivity contribution < 1.29 is 0 Å². The zero-order chi connectivity index (χ0) is 9.85. The highest BCUT2D eigenvalue weighted by atomic mass is 32.2. The molecule has 2 aliphatic carbocycles. The minimum absolute atomic E-state index is 0.600. The monoisotopic (exact) mass is 198 g/mol. The fraction of sp³-hybridized carbons (Fsp3) is 1.00. The van der Waals surface area contributed by atoms with Crippen LogP contribution in [0.4, 0.5) is 0 Å². The topological polar surface area (TPSA) is 0 Å². The van der Waals surface area contributed by atoms with E-state index in [0.29, 0.717) is 10.2 Å². The van der Waals surface area contributed by atoms with Gasteiger partial charge < -0.3 is 0 Å². The second-order valence-electron chi connectivity index (χ2n) is 5.75. The van der Waals surface area contributed by atoms with Gasteiger partial charge >= 0.3 is 0 Å². The Bertz CT molecular complexity index is 221. The average molecular weight is 198 g/mol. The van der Waals surface area contributed by atoms with Gasteiger partial charge in [-0.05, 0) is 35.3 Å². The van der Waals surface area contributed by atoms with Crippen molar-refractivity contribution in [3.8, 4) is 0 Å². The van der Waals surface area contributed by atoms with Crippen molar-refractivity contribution in [2.24, 2.45) is 23.2 Å². The summed E-state index contributed by atoms with van der Waals surface area (Å²) in [6, 6.07) is 0. The molecule has 0 radical (unpaired) electrons. The van der Waals surface area contributed by atoms with Crippen LogP contribution < -0.4 is 0 Å². The molecule has 0 amide bonds. The van der Waals surface area contributed by atoms with Crippen LogP contribution in [0.3, 0.4) is 0 Å². The lowest BCUT2D eigenvalue weighted by Gasteiger charge is -2.30. The van der Waals surface area contributed by atoms with E-state index in [9.17, 15) is 0 Å². The van der Waals surface area contributed by atoms with Gasteiger partial charge in [0.05, 0.1) is 0 Å². The van der Waals surface area contributed by atoms with Crippen LogP contribution in [0.2, 0.25) is 0 Å². The zero-order valence-electron chi connectivity index (χ0n) is 9.55. The van der Waals surface area contributed by atoms with Crippen molar-refractivity contribution in [3.05, 3.63) is 0 Å². The lowest BCUT2D eigenvalue weighted by molar-refractivity contribution is 0.356. The lowest BCUT2D eigenvalue weighted by Crippen LogP contribution is -2.25. The Hall–Kier alpha value is 0.350. The molecule has 0 aromatic carbocycles. The van der Waals surface area contributed by atoms with Gasteiger partial charge in [-0.25, -0.2) is 0 Å².